The number of rotatable bonds is 6. The Labute approximate surface area is 123 Å². The minimum absolute atomic E-state index is 0.130. The molecule has 0 aliphatic heterocycles. The molecule has 1 aromatic rings. The lowest BCUT2D eigenvalue weighted by molar-refractivity contribution is -0.141. The summed E-state index contributed by atoms with van der Waals surface area (Å²) in [6, 6.07) is 6.95. The first-order valence-electron chi connectivity index (χ1n) is 6.40. The molecule has 1 rings (SSSR count). The first kappa shape index (κ1) is 16.3. The maximum Gasteiger partial charge on any atom is 0.317 e. The van der Waals surface area contributed by atoms with Gasteiger partial charge < -0.3 is 15.3 Å². The molecule has 0 aromatic heterocycles. The van der Waals surface area contributed by atoms with Crippen LogP contribution < -0.4 is 5.32 Å². The van der Waals surface area contributed by atoms with E-state index in [1.54, 1.807) is 26.1 Å². The predicted molar refractivity (Wildman–Crippen MR) is 77.7 cm³/mol. The molecule has 2 N–H and O–H groups in total. The van der Waals surface area contributed by atoms with Crippen molar-refractivity contribution in [2.45, 2.75) is 19.9 Å². The summed E-state index contributed by atoms with van der Waals surface area (Å²) in [5.41, 5.74) is 0.917. The SMILES string of the molecule is CCC(CNC(=O)N(C)Cc1cccc(Cl)c1)C(=O)O. The highest BCUT2D eigenvalue weighted by Crippen LogP contribution is 2.12. The minimum Gasteiger partial charge on any atom is -0.481 e. The molecule has 1 atom stereocenters. The monoisotopic (exact) mass is 298 g/mol. The quantitative estimate of drug-likeness (QED) is 0.848. The molecule has 0 saturated carbocycles. The first-order chi connectivity index (χ1) is 9.43. The highest BCUT2D eigenvalue weighted by Gasteiger charge is 2.17. The topological polar surface area (TPSA) is 69.6 Å². The number of halogens is 1. The van der Waals surface area contributed by atoms with Gasteiger partial charge in [-0.15, -0.1) is 0 Å². The minimum atomic E-state index is -0.898. The maximum atomic E-state index is 11.9. The second-order valence-corrected chi connectivity index (χ2v) is 5.05. The van der Waals surface area contributed by atoms with Gasteiger partial charge in [0, 0.05) is 25.2 Å². The number of carbonyl (C=O) groups is 2. The van der Waals surface area contributed by atoms with Crippen LogP contribution in [0.25, 0.3) is 0 Å². The Balaban J connectivity index is 2.49. The van der Waals surface area contributed by atoms with Crippen molar-refractivity contribution < 1.29 is 14.7 Å². The lowest BCUT2D eigenvalue weighted by Crippen LogP contribution is -2.40. The van der Waals surface area contributed by atoms with Crippen molar-refractivity contribution >= 4 is 23.6 Å². The molecule has 0 spiro atoms. The Bertz CT molecular complexity index is 479. The number of urea groups is 1. The van der Waals surface area contributed by atoms with Crippen LogP contribution in [0.2, 0.25) is 5.02 Å². The number of nitrogens with zero attached hydrogens (tertiary/aromatic N) is 1. The van der Waals surface area contributed by atoms with Crippen molar-refractivity contribution in [1.82, 2.24) is 10.2 Å². The molecule has 0 heterocycles. The molecule has 0 aliphatic carbocycles. The summed E-state index contributed by atoms with van der Waals surface area (Å²) in [6.07, 6.45) is 0.480. The van der Waals surface area contributed by atoms with Gasteiger partial charge in [-0.25, -0.2) is 4.79 Å². The molecule has 6 heteroatoms. The van der Waals surface area contributed by atoms with E-state index in [9.17, 15) is 9.59 Å². The molecule has 0 saturated heterocycles. The molecule has 0 radical (unpaired) electrons. The fourth-order valence-corrected chi connectivity index (χ4v) is 1.95. The smallest absolute Gasteiger partial charge is 0.317 e. The van der Waals surface area contributed by atoms with E-state index >= 15 is 0 Å². The van der Waals surface area contributed by atoms with Gasteiger partial charge in [0.25, 0.3) is 0 Å². The van der Waals surface area contributed by atoms with Crippen molar-refractivity contribution in [2.75, 3.05) is 13.6 Å². The van der Waals surface area contributed by atoms with Crippen LogP contribution in [0.3, 0.4) is 0 Å². The number of hydrogen-bond acceptors (Lipinski definition) is 2. The van der Waals surface area contributed by atoms with Gasteiger partial charge in [-0.1, -0.05) is 30.7 Å². The Kier molecular flexibility index (Phi) is 6.31. The van der Waals surface area contributed by atoms with E-state index in [-0.39, 0.29) is 12.6 Å². The highest BCUT2D eigenvalue weighted by molar-refractivity contribution is 6.30. The van der Waals surface area contributed by atoms with Gasteiger partial charge in [0.2, 0.25) is 0 Å². The zero-order valence-electron chi connectivity index (χ0n) is 11.6. The molecule has 0 fully saturated rings. The van der Waals surface area contributed by atoms with Gasteiger partial charge in [0.1, 0.15) is 0 Å². The van der Waals surface area contributed by atoms with Crippen molar-refractivity contribution in [2.24, 2.45) is 5.92 Å². The highest BCUT2D eigenvalue weighted by atomic mass is 35.5. The van der Waals surface area contributed by atoms with Crippen LogP contribution in [0.5, 0.6) is 0 Å². The Morgan fingerprint density at radius 1 is 1.45 bits per heavy atom. The zero-order valence-corrected chi connectivity index (χ0v) is 12.4. The standard InChI is InChI=1S/C14H19ClN2O3/c1-3-11(13(18)19)8-16-14(20)17(2)9-10-5-4-6-12(15)7-10/h4-7,11H,3,8-9H2,1-2H3,(H,16,20)(H,18,19). The number of carboxylic acid groups (broad SMARTS) is 1. The first-order valence-corrected chi connectivity index (χ1v) is 6.78. The van der Waals surface area contributed by atoms with Crippen LogP contribution >= 0.6 is 11.6 Å². The number of amides is 2. The molecule has 0 aliphatic rings. The summed E-state index contributed by atoms with van der Waals surface area (Å²) in [6.45, 7) is 2.32. The summed E-state index contributed by atoms with van der Waals surface area (Å²) in [4.78, 5) is 24.2. The van der Waals surface area contributed by atoms with Gasteiger partial charge in [-0.3, -0.25) is 4.79 Å². The summed E-state index contributed by atoms with van der Waals surface area (Å²) in [5, 5.41) is 12.2. The molecular formula is C14H19ClN2O3. The lowest BCUT2D eigenvalue weighted by atomic mass is 10.1. The second-order valence-electron chi connectivity index (χ2n) is 4.62. The van der Waals surface area contributed by atoms with Crippen molar-refractivity contribution in [3.8, 4) is 0 Å². The summed E-state index contributed by atoms with van der Waals surface area (Å²) < 4.78 is 0. The van der Waals surface area contributed by atoms with Gasteiger partial charge in [0.05, 0.1) is 5.92 Å². The molecule has 1 aromatic carbocycles. The van der Waals surface area contributed by atoms with Crippen LogP contribution in [-0.2, 0) is 11.3 Å². The average Bonchev–Trinajstić information content (AvgIpc) is 2.38. The van der Waals surface area contributed by atoms with Crippen molar-refractivity contribution in [1.29, 1.82) is 0 Å². The number of nitrogens with one attached hydrogen (secondary N) is 1. The third-order valence-corrected chi connectivity index (χ3v) is 3.23. The Morgan fingerprint density at radius 2 is 2.15 bits per heavy atom. The average molecular weight is 299 g/mol. The van der Waals surface area contributed by atoms with E-state index in [0.717, 1.165) is 5.56 Å². The fourth-order valence-electron chi connectivity index (χ4n) is 1.73. The van der Waals surface area contributed by atoms with Gasteiger partial charge in [0.15, 0.2) is 0 Å². The Hall–Kier alpha value is -1.75. The van der Waals surface area contributed by atoms with E-state index in [1.165, 1.54) is 4.90 Å². The molecule has 1 unspecified atom stereocenters. The van der Waals surface area contributed by atoms with E-state index in [4.69, 9.17) is 16.7 Å². The van der Waals surface area contributed by atoms with E-state index in [1.807, 2.05) is 12.1 Å². The van der Waals surface area contributed by atoms with Crippen LogP contribution in [0, 0.1) is 5.92 Å². The van der Waals surface area contributed by atoms with Gasteiger partial charge in [-0.2, -0.15) is 0 Å². The molecule has 0 bridgehead atoms. The third kappa shape index (κ3) is 5.09. The van der Waals surface area contributed by atoms with Crippen molar-refractivity contribution in [3.63, 3.8) is 0 Å². The van der Waals surface area contributed by atoms with Gasteiger partial charge >= 0.3 is 12.0 Å². The fraction of sp³-hybridized carbons (Fsp3) is 0.429. The van der Waals surface area contributed by atoms with E-state index in [0.29, 0.717) is 18.0 Å². The molecular weight excluding hydrogens is 280 g/mol. The van der Waals surface area contributed by atoms with Crippen LogP contribution in [0.4, 0.5) is 4.79 Å². The van der Waals surface area contributed by atoms with Gasteiger partial charge in [-0.05, 0) is 24.1 Å². The molecule has 110 valence electrons. The third-order valence-electron chi connectivity index (χ3n) is 3.00. The van der Waals surface area contributed by atoms with Crippen molar-refractivity contribution in [3.05, 3.63) is 34.9 Å². The summed E-state index contributed by atoms with van der Waals surface area (Å²) >= 11 is 5.88. The van der Waals surface area contributed by atoms with Crippen LogP contribution in [0.15, 0.2) is 24.3 Å². The number of benzene rings is 1. The summed E-state index contributed by atoms with van der Waals surface area (Å²) in [7, 11) is 1.65. The molecule has 20 heavy (non-hydrogen) atoms. The number of carboxylic acids is 1. The number of hydrogen-bond donors (Lipinski definition) is 2. The largest absolute Gasteiger partial charge is 0.481 e. The number of carbonyl (C=O) groups excluding carboxylic acids is 1. The van der Waals surface area contributed by atoms with Crippen LogP contribution in [-0.4, -0.2) is 35.6 Å². The van der Waals surface area contributed by atoms with E-state index < -0.39 is 11.9 Å². The normalized spacial score (nSPS) is 11.8. The maximum absolute atomic E-state index is 11.9. The molecule has 2 amide bonds. The number of aliphatic carboxylic acids is 1. The summed E-state index contributed by atoms with van der Waals surface area (Å²) in [5.74, 6) is -1.45. The lowest BCUT2D eigenvalue weighted by Gasteiger charge is -2.19. The van der Waals surface area contributed by atoms with Crippen LogP contribution in [0.1, 0.15) is 18.9 Å². The molecule has 5 nitrogen and oxygen atoms in total. The zero-order chi connectivity index (χ0) is 15.1. The van der Waals surface area contributed by atoms with E-state index in [2.05, 4.69) is 5.32 Å². The predicted octanol–water partition coefficient (Wildman–Crippen LogP) is 2.59. The Morgan fingerprint density at radius 3 is 2.70 bits per heavy atom. The second kappa shape index (κ2) is 7.75.